The summed E-state index contributed by atoms with van der Waals surface area (Å²) in [6.07, 6.45) is 0.0193. The number of Topliss-reactive ketones (excluding diaryl/α,β-unsaturated/α-hetero) is 2. The lowest BCUT2D eigenvalue weighted by Gasteiger charge is -2.63. The molecule has 5 atom stereocenters. The van der Waals surface area contributed by atoms with E-state index < -0.39 is 80.0 Å². The summed E-state index contributed by atoms with van der Waals surface area (Å²) in [6, 6.07) is 2.09. The summed E-state index contributed by atoms with van der Waals surface area (Å²) >= 11 is 0.523. The van der Waals surface area contributed by atoms with Gasteiger partial charge in [0, 0.05) is 17.7 Å². The first-order valence-electron chi connectivity index (χ1n) is 10.2. The Hall–Kier alpha value is -2.57. The minimum atomic E-state index is -3.16. The van der Waals surface area contributed by atoms with Crippen LogP contribution in [0.1, 0.15) is 46.9 Å². The van der Waals surface area contributed by atoms with Crippen molar-refractivity contribution < 1.29 is 44.7 Å². The Morgan fingerprint density at radius 1 is 1.12 bits per heavy atom. The molecule has 0 aliphatic heterocycles. The number of benzene rings is 1. The number of rotatable bonds is 4. The fourth-order valence-corrected chi connectivity index (χ4v) is 6.91. The van der Waals surface area contributed by atoms with Gasteiger partial charge in [-0.2, -0.15) is 0 Å². The number of aliphatic hydroxyl groups is 3. The quantitative estimate of drug-likeness (QED) is 0.329. The van der Waals surface area contributed by atoms with Gasteiger partial charge in [0.2, 0.25) is 5.78 Å². The third-order valence-corrected chi connectivity index (χ3v) is 8.72. The number of phenols is 1. The summed E-state index contributed by atoms with van der Waals surface area (Å²) in [7, 11) is 0. The zero-order chi connectivity index (χ0) is 24.6. The highest BCUT2D eigenvalue weighted by Gasteiger charge is 2.82. The van der Waals surface area contributed by atoms with Crippen LogP contribution in [-0.2, 0) is 9.59 Å². The molecule has 5 unspecified atom stereocenters. The summed E-state index contributed by atoms with van der Waals surface area (Å²) in [4.78, 5) is 52.0. The molecule has 4 rings (SSSR count). The second kappa shape index (κ2) is 7.21. The van der Waals surface area contributed by atoms with Gasteiger partial charge in [-0.25, -0.2) is 0 Å². The van der Waals surface area contributed by atoms with Gasteiger partial charge < -0.3 is 31.3 Å². The molecule has 0 aromatic heterocycles. The normalized spacial score (nSPS) is 36.4. The Morgan fingerprint density at radius 3 is 2.42 bits per heavy atom. The molecule has 0 radical (unpaired) electrons. The van der Waals surface area contributed by atoms with Crippen molar-refractivity contribution in [1.82, 2.24) is 0 Å². The Morgan fingerprint density at radius 2 is 1.79 bits per heavy atom. The topological polar surface area (TPSA) is 195 Å². The fourth-order valence-electron chi connectivity index (χ4n) is 5.37. The lowest BCUT2D eigenvalue weighted by molar-refractivity contribution is -0.244. The van der Waals surface area contributed by atoms with Gasteiger partial charge in [-0.05, 0) is 31.9 Å². The van der Waals surface area contributed by atoms with Gasteiger partial charge >= 0.3 is 5.97 Å². The number of carbonyl (C=O) groups is 4. The zero-order valence-corrected chi connectivity index (χ0v) is 18.4. The SMILES string of the molecule is CC1=CC(=O)C2(O)C(O)(CCC3(SCC(N)C(=O)O)C(=O)c4c(O)cccc4C(=O)C32O)C1. The molecule has 10 nitrogen and oxygen atoms in total. The Kier molecular flexibility index (Phi) is 5.15. The van der Waals surface area contributed by atoms with Gasteiger partial charge in [0.05, 0.1) is 5.56 Å². The molecular weight excluding hydrogens is 454 g/mol. The van der Waals surface area contributed by atoms with Crippen molar-refractivity contribution in [3.05, 3.63) is 41.0 Å². The summed E-state index contributed by atoms with van der Waals surface area (Å²) in [6.45, 7) is 1.54. The second-order valence-corrected chi connectivity index (χ2v) is 10.2. The third kappa shape index (κ3) is 2.71. The molecule has 7 N–H and O–H groups in total. The molecule has 1 saturated carbocycles. The Bertz CT molecular complexity index is 1150. The molecule has 1 aromatic rings. The summed E-state index contributed by atoms with van der Waals surface area (Å²) in [5.41, 5.74) is -3.35. The molecule has 0 amide bonds. The number of phenolic OH excluding ortho intramolecular Hbond substituents is 1. The molecule has 1 aromatic carbocycles. The van der Waals surface area contributed by atoms with Gasteiger partial charge in [-0.3, -0.25) is 19.2 Å². The van der Waals surface area contributed by atoms with E-state index in [1.54, 1.807) is 6.92 Å². The number of ketones is 3. The number of hydrogen-bond donors (Lipinski definition) is 6. The van der Waals surface area contributed by atoms with E-state index in [0.29, 0.717) is 17.3 Å². The monoisotopic (exact) mass is 477 g/mol. The number of carbonyl (C=O) groups excluding carboxylic acids is 3. The van der Waals surface area contributed by atoms with E-state index in [4.69, 9.17) is 5.73 Å². The molecule has 11 heteroatoms. The van der Waals surface area contributed by atoms with Crippen LogP contribution in [0.3, 0.4) is 0 Å². The highest BCUT2D eigenvalue weighted by atomic mass is 32.2. The number of hydrogen-bond acceptors (Lipinski definition) is 10. The maximum Gasteiger partial charge on any atom is 0.321 e. The molecule has 1 fully saturated rings. The standard InChI is InChI=1S/C22H23NO9S/c1-10-7-14(25)21(31)19(30,8-10)5-6-20(33-9-12(23)18(28)29)17(27)15-11(3-2-4-13(15)24)16(26)22(20,21)32/h2-4,7,12,24,30-32H,5-6,8-9,23H2,1H3,(H,28,29). The van der Waals surface area contributed by atoms with Crippen LogP contribution in [0.5, 0.6) is 5.75 Å². The number of nitrogens with two attached hydrogens (primary N) is 1. The molecule has 0 spiro atoms. The van der Waals surface area contributed by atoms with Crippen molar-refractivity contribution in [3.63, 3.8) is 0 Å². The van der Waals surface area contributed by atoms with Gasteiger partial charge in [0.1, 0.15) is 22.1 Å². The third-order valence-electron chi connectivity index (χ3n) is 7.01. The average Bonchev–Trinajstić information content (AvgIpc) is 2.74. The highest BCUT2D eigenvalue weighted by Crippen LogP contribution is 2.62. The van der Waals surface area contributed by atoms with Gasteiger partial charge in [0.25, 0.3) is 0 Å². The number of carboxylic acid groups (broad SMARTS) is 1. The molecule has 0 heterocycles. The molecule has 0 bridgehead atoms. The van der Waals surface area contributed by atoms with Crippen LogP contribution in [0, 0.1) is 0 Å². The Labute approximate surface area is 192 Å². The number of carboxylic acids is 1. The van der Waals surface area contributed by atoms with E-state index >= 15 is 0 Å². The van der Waals surface area contributed by atoms with Crippen molar-refractivity contribution in [2.45, 2.75) is 53.8 Å². The van der Waals surface area contributed by atoms with E-state index in [2.05, 4.69) is 0 Å². The van der Waals surface area contributed by atoms with Crippen LogP contribution in [-0.4, -0.2) is 82.2 Å². The minimum Gasteiger partial charge on any atom is -0.507 e. The first-order chi connectivity index (χ1) is 15.3. The lowest BCUT2D eigenvalue weighted by Crippen LogP contribution is -2.86. The van der Waals surface area contributed by atoms with Crippen LogP contribution in [0.2, 0.25) is 0 Å². The minimum absolute atomic E-state index is 0.235. The fraction of sp³-hybridized carbons (Fsp3) is 0.455. The Balaban J connectivity index is 2.03. The predicted molar refractivity (Wildman–Crippen MR) is 115 cm³/mol. The van der Waals surface area contributed by atoms with Crippen molar-refractivity contribution in [2.24, 2.45) is 5.73 Å². The summed E-state index contributed by atoms with van der Waals surface area (Å²) in [5, 5.41) is 54.7. The summed E-state index contributed by atoms with van der Waals surface area (Å²) < 4.78 is -2.29. The first-order valence-corrected chi connectivity index (χ1v) is 11.2. The molecule has 3 aliphatic carbocycles. The maximum atomic E-state index is 13.8. The number of aliphatic carboxylic acids is 1. The van der Waals surface area contributed by atoms with Crippen molar-refractivity contribution in [2.75, 3.05) is 5.75 Å². The number of thioether (sulfide) groups is 1. The van der Waals surface area contributed by atoms with Crippen LogP contribution in [0.15, 0.2) is 29.8 Å². The smallest absolute Gasteiger partial charge is 0.321 e. The van der Waals surface area contributed by atoms with Crippen molar-refractivity contribution >= 4 is 35.1 Å². The maximum absolute atomic E-state index is 13.8. The highest BCUT2D eigenvalue weighted by molar-refractivity contribution is 8.01. The van der Waals surface area contributed by atoms with Crippen LogP contribution in [0.4, 0.5) is 0 Å². The van der Waals surface area contributed by atoms with Gasteiger partial charge in [0.15, 0.2) is 22.8 Å². The molecule has 176 valence electrons. The molecule has 0 saturated heterocycles. The molecular formula is C22H23NO9S. The van der Waals surface area contributed by atoms with Gasteiger partial charge in [-0.15, -0.1) is 11.8 Å². The zero-order valence-electron chi connectivity index (χ0n) is 17.6. The first kappa shape index (κ1) is 23.6. The molecule has 33 heavy (non-hydrogen) atoms. The predicted octanol–water partition coefficient (Wildman–Crippen LogP) is -0.439. The summed E-state index contributed by atoms with van der Waals surface area (Å²) in [5.74, 6) is -5.75. The van der Waals surface area contributed by atoms with E-state index in [1.807, 2.05) is 0 Å². The lowest BCUT2D eigenvalue weighted by atomic mass is 9.48. The van der Waals surface area contributed by atoms with Gasteiger partial charge in [-0.1, -0.05) is 17.7 Å². The molecule has 3 aliphatic rings. The van der Waals surface area contributed by atoms with Crippen molar-refractivity contribution in [3.8, 4) is 5.75 Å². The van der Waals surface area contributed by atoms with E-state index in [9.17, 15) is 44.7 Å². The van der Waals surface area contributed by atoms with Crippen molar-refractivity contribution in [1.29, 1.82) is 0 Å². The van der Waals surface area contributed by atoms with Crippen LogP contribution >= 0.6 is 11.8 Å². The van der Waals surface area contributed by atoms with E-state index in [0.717, 1.165) is 12.1 Å². The van der Waals surface area contributed by atoms with Crippen LogP contribution < -0.4 is 5.73 Å². The van der Waals surface area contributed by atoms with E-state index in [-0.39, 0.29) is 12.8 Å². The van der Waals surface area contributed by atoms with E-state index in [1.165, 1.54) is 12.1 Å². The number of aromatic hydroxyl groups is 1. The second-order valence-electron chi connectivity index (χ2n) is 8.92. The largest absolute Gasteiger partial charge is 0.507 e. The number of fused-ring (bicyclic) bond motifs is 4. The van der Waals surface area contributed by atoms with Crippen LogP contribution in [0.25, 0.3) is 0 Å². The average molecular weight is 477 g/mol.